The fraction of sp³-hybridized carbons (Fsp3) is 0.692. The molecule has 0 spiro atoms. The number of carbonyl (C=O) groups is 2. The highest BCUT2D eigenvalue weighted by atomic mass is 79.9. The molecule has 6 heteroatoms. The quantitative estimate of drug-likeness (QED) is 0.231. The zero-order chi connectivity index (χ0) is 23.5. The van der Waals surface area contributed by atoms with E-state index in [1.54, 1.807) is 24.3 Å². The highest BCUT2D eigenvalue weighted by molar-refractivity contribution is 9.09. The van der Waals surface area contributed by atoms with E-state index >= 15 is 0 Å². The van der Waals surface area contributed by atoms with Crippen LogP contribution in [-0.4, -0.2) is 21.6 Å². The summed E-state index contributed by atoms with van der Waals surface area (Å²) in [6.07, 6.45) is 3.66. The van der Waals surface area contributed by atoms with Crippen LogP contribution < -0.4 is 9.47 Å². The van der Waals surface area contributed by atoms with Crippen molar-refractivity contribution in [3.63, 3.8) is 0 Å². The topological polar surface area (TPSA) is 52.6 Å². The summed E-state index contributed by atoms with van der Waals surface area (Å²) in [4.78, 5) is 26.9. The fourth-order valence-electron chi connectivity index (χ4n) is 7.81. The summed E-state index contributed by atoms with van der Waals surface area (Å²) in [7, 11) is 0. The maximum absolute atomic E-state index is 13.3. The van der Waals surface area contributed by atoms with E-state index in [-0.39, 0.29) is 43.3 Å². The van der Waals surface area contributed by atoms with Gasteiger partial charge in [-0.15, -0.1) is 0 Å². The molecular weight excluding hydrogens is 536 g/mol. The predicted molar refractivity (Wildman–Crippen MR) is 130 cm³/mol. The Kier molecular flexibility index (Phi) is 4.59. The average Bonchev–Trinajstić information content (AvgIpc) is 3.33. The largest absolute Gasteiger partial charge is 0.426 e. The lowest BCUT2D eigenvalue weighted by atomic mass is 9.43. The second-order valence-electron chi connectivity index (χ2n) is 12.0. The van der Waals surface area contributed by atoms with Crippen LogP contribution >= 0.6 is 31.9 Å². The molecule has 0 N–H and O–H groups in total. The number of hydrogen-bond donors (Lipinski definition) is 0. The van der Waals surface area contributed by atoms with Crippen LogP contribution in [0, 0.1) is 32.5 Å². The van der Waals surface area contributed by atoms with Gasteiger partial charge in [0.1, 0.15) is 11.5 Å². The summed E-state index contributed by atoms with van der Waals surface area (Å²) in [6.45, 7) is 13.2. The number of ether oxygens (including phenoxy) is 2. The summed E-state index contributed by atoms with van der Waals surface area (Å²) < 4.78 is 11.8. The third kappa shape index (κ3) is 2.17. The zero-order valence-corrected chi connectivity index (χ0v) is 22.9. The molecule has 0 amide bonds. The molecule has 4 nitrogen and oxygen atoms in total. The highest BCUT2D eigenvalue weighted by Gasteiger charge is 2.82. The van der Waals surface area contributed by atoms with Crippen molar-refractivity contribution in [3.8, 4) is 11.5 Å². The van der Waals surface area contributed by atoms with Crippen molar-refractivity contribution in [2.45, 2.75) is 76.9 Å². The van der Waals surface area contributed by atoms with Gasteiger partial charge in [-0.3, -0.25) is 9.59 Å². The monoisotopic (exact) mass is 566 g/mol. The molecule has 0 saturated heterocycles. The van der Waals surface area contributed by atoms with E-state index in [4.69, 9.17) is 9.47 Å². The van der Waals surface area contributed by atoms with Crippen molar-refractivity contribution in [2.24, 2.45) is 32.5 Å². The summed E-state index contributed by atoms with van der Waals surface area (Å²) >= 11 is 7.59. The molecule has 174 valence electrons. The molecule has 6 unspecified atom stereocenters. The minimum atomic E-state index is -0.527. The molecular formula is C26H32Br2O4. The van der Waals surface area contributed by atoms with E-state index in [0.29, 0.717) is 11.5 Å². The van der Waals surface area contributed by atoms with Gasteiger partial charge < -0.3 is 9.47 Å². The third-order valence-corrected chi connectivity index (χ3v) is 14.7. The highest BCUT2D eigenvalue weighted by Crippen LogP contribution is 2.81. The maximum atomic E-state index is 13.3. The normalized spacial score (nSPS) is 44.4. The van der Waals surface area contributed by atoms with Gasteiger partial charge in [0.15, 0.2) is 0 Å². The van der Waals surface area contributed by atoms with E-state index < -0.39 is 10.8 Å². The molecule has 4 bridgehead atoms. The van der Waals surface area contributed by atoms with Gasteiger partial charge in [0, 0.05) is 15.7 Å². The number of esters is 2. The summed E-state index contributed by atoms with van der Waals surface area (Å²) in [5.74, 6) is 0.438. The van der Waals surface area contributed by atoms with Gasteiger partial charge in [0.05, 0.1) is 10.8 Å². The minimum absolute atomic E-state index is 0.0975. The minimum Gasteiger partial charge on any atom is -0.426 e. The van der Waals surface area contributed by atoms with Crippen LogP contribution in [0.5, 0.6) is 11.5 Å². The van der Waals surface area contributed by atoms with Gasteiger partial charge in [-0.05, 0) is 59.5 Å². The molecule has 6 fully saturated rings. The van der Waals surface area contributed by atoms with Gasteiger partial charge in [0.25, 0.3) is 0 Å². The second kappa shape index (κ2) is 6.41. The van der Waals surface area contributed by atoms with Crippen LogP contribution in [0.15, 0.2) is 24.3 Å². The van der Waals surface area contributed by atoms with Crippen molar-refractivity contribution in [1.82, 2.24) is 0 Å². The zero-order valence-electron chi connectivity index (χ0n) is 19.7. The van der Waals surface area contributed by atoms with E-state index in [1.165, 1.54) is 0 Å². The van der Waals surface area contributed by atoms with Crippen LogP contribution in [0.4, 0.5) is 0 Å². The Morgan fingerprint density at radius 3 is 1.41 bits per heavy atom. The lowest BCUT2D eigenvalue weighted by Gasteiger charge is -2.63. The molecule has 7 rings (SSSR count). The number of rotatable bonds is 4. The van der Waals surface area contributed by atoms with E-state index in [2.05, 4.69) is 73.4 Å². The smallest absolute Gasteiger partial charge is 0.319 e. The van der Waals surface area contributed by atoms with Crippen molar-refractivity contribution in [1.29, 1.82) is 0 Å². The number of halogens is 2. The summed E-state index contributed by atoms with van der Waals surface area (Å²) in [5, 5.41) is 0. The third-order valence-electron chi connectivity index (χ3n) is 11.1. The first kappa shape index (κ1) is 22.9. The average molecular weight is 568 g/mol. The molecule has 6 saturated carbocycles. The lowest BCUT2D eigenvalue weighted by Crippen LogP contribution is -2.68. The number of benzene rings is 1. The van der Waals surface area contributed by atoms with E-state index in [0.717, 1.165) is 25.7 Å². The van der Waals surface area contributed by atoms with Crippen LogP contribution in [0.2, 0.25) is 0 Å². The van der Waals surface area contributed by atoms with Gasteiger partial charge >= 0.3 is 11.9 Å². The van der Waals surface area contributed by atoms with Gasteiger partial charge in [0.2, 0.25) is 0 Å². The molecule has 6 aliphatic rings. The van der Waals surface area contributed by atoms with Gasteiger partial charge in [-0.25, -0.2) is 0 Å². The van der Waals surface area contributed by atoms with Crippen molar-refractivity contribution < 1.29 is 19.1 Å². The molecule has 0 aliphatic heterocycles. The Bertz CT molecular complexity index is 957. The Morgan fingerprint density at radius 1 is 0.750 bits per heavy atom. The second-order valence-corrected chi connectivity index (χ2v) is 13.8. The predicted octanol–water partition coefficient (Wildman–Crippen LogP) is 6.68. The summed E-state index contributed by atoms with van der Waals surface area (Å²) in [5.41, 5.74) is -1.13. The number of fused-ring (bicyclic) bond motifs is 2. The number of carbonyl (C=O) groups excluding carboxylic acids is 2. The lowest BCUT2D eigenvalue weighted by molar-refractivity contribution is -0.177. The first-order chi connectivity index (χ1) is 14.7. The molecule has 0 heterocycles. The standard InChI is InChI=1S/C26H32Br2O4/c1-21(2)23(5)10-12-25(21,17(23)27)19(29)31-15-8-7-9-16(14-15)32-20(30)26-13-11-24(6,18(26)28)22(26,3)4/h7-9,14,17-18H,10-13H2,1-6H3. The van der Waals surface area contributed by atoms with Crippen LogP contribution in [0.1, 0.15) is 67.2 Å². The molecule has 1 aromatic carbocycles. The fourth-order valence-corrected chi connectivity index (χ4v) is 11.4. The molecule has 6 atom stereocenters. The number of hydrogen-bond acceptors (Lipinski definition) is 4. The van der Waals surface area contributed by atoms with Crippen molar-refractivity contribution >= 4 is 43.8 Å². The first-order valence-electron chi connectivity index (χ1n) is 11.6. The molecule has 32 heavy (non-hydrogen) atoms. The first-order valence-corrected chi connectivity index (χ1v) is 13.4. The Hall–Kier alpha value is -0.880. The molecule has 0 aromatic heterocycles. The van der Waals surface area contributed by atoms with Crippen LogP contribution in [0.3, 0.4) is 0 Å². The molecule has 6 aliphatic carbocycles. The van der Waals surface area contributed by atoms with Crippen LogP contribution in [-0.2, 0) is 9.59 Å². The Balaban J connectivity index is 1.34. The molecule has 0 radical (unpaired) electrons. The van der Waals surface area contributed by atoms with Gasteiger partial charge in [-0.2, -0.15) is 0 Å². The van der Waals surface area contributed by atoms with Crippen molar-refractivity contribution in [2.75, 3.05) is 0 Å². The summed E-state index contributed by atoms with van der Waals surface area (Å²) in [6, 6.07) is 6.93. The number of alkyl halides is 2. The Labute approximate surface area is 207 Å². The molecule has 1 aromatic rings. The Morgan fingerprint density at radius 2 is 1.12 bits per heavy atom. The SMILES string of the molecule is CC12CCC(C(=O)Oc3cccc(OC(=O)C45CCC(C)(C4Br)C5(C)C)c3)(C1Br)C2(C)C. The maximum Gasteiger partial charge on any atom is 0.319 e. The van der Waals surface area contributed by atoms with Crippen molar-refractivity contribution in [3.05, 3.63) is 24.3 Å². The van der Waals surface area contributed by atoms with E-state index in [1.807, 2.05) is 0 Å². The van der Waals surface area contributed by atoms with Crippen LogP contribution in [0.25, 0.3) is 0 Å². The van der Waals surface area contributed by atoms with Gasteiger partial charge in [-0.1, -0.05) is 79.5 Å². The van der Waals surface area contributed by atoms with E-state index in [9.17, 15) is 9.59 Å².